The molecule has 2 atom stereocenters. The van der Waals surface area contributed by atoms with Gasteiger partial charge in [-0.3, -0.25) is 4.79 Å². The van der Waals surface area contributed by atoms with Crippen LogP contribution in [0.15, 0.2) is 77.1 Å². The highest BCUT2D eigenvalue weighted by atomic mass is 16.3. The van der Waals surface area contributed by atoms with Crippen molar-refractivity contribution in [1.29, 1.82) is 5.26 Å². The lowest BCUT2D eigenvalue weighted by atomic mass is 9.76. The highest BCUT2D eigenvalue weighted by molar-refractivity contribution is 6.10. The molecule has 1 aliphatic heterocycles. The van der Waals surface area contributed by atoms with Crippen LogP contribution in [0.2, 0.25) is 0 Å². The molecule has 3 rings (SSSR count). The molecule has 0 aliphatic carbocycles. The molecule has 124 valence electrons. The highest BCUT2D eigenvalue weighted by Gasteiger charge is 2.39. The van der Waals surface area contributed by atoms with Gasteiger partial charge in [-0.05, 0) is 24.6 Å². The SMILES string of the molecule is CC1=NC(O)=C(C#N)C(c2ccccc2)C1C(=O)Nc1ccccc1. The second kappa shape index (κ2) is 7.02. The Hall–Kier alpha value is -3.39. The zero-order chi connectivity index (χ0) is 17.8. The predicted molar refractivity (Wildman–Crippen MR) is 96.1 cm³/mol. The number of anilines is 1. The molecule has 2 aromatic carbocycles. The molecular formula is C20H17N3O2. The van der Waals surface area contributed by atoms with Crippen LogP contribution in [0.3, 0.4) is 0 Å². The summed E-state index contributed by atoms with van der Waals surface area (Å²) in [6, 6.07) is 20.4. The number of aliphatic imine (C=N–C) groups is 1. The fraction of sp³-hybridized carbons (Fsp3) is 0.150. The van der Waals surface area contributed by atoms with Crippen LogP contribution in [0.1, 0.15) is 18.4 Å². The third-order valence-electron chi connectivity index (χ3n) is 4.22. The highest BCUT2D eigenvalue weighted by Crippen LogP contribution is 2.38. The van der Waals surface area contributed by atoms with Crippen molar-refractivity contribution in [3.05, 3.63) is 77.7 Å². The van der Waals surface area contributed by atoms with E-state index in [2.05, 4.69) is 10.3 Å². The molecule has 2 unspecified atom stereocenters. The first kappa shape index (κ1) is 16.5. The maximum Gasteiger partial charge on any atom is 0.234 e. The number of nitrogens with one attached hydrogen (secondary N) is 1. The molecule has 5 nitrogen and oxygen atoms in total. The minimum absolute atomic E-state index is 0.102. The molecule has 0 radical (unpaired) electrons. The van der Waals surface area contributed by atoms with E-state index >= 15 is 0 Å². The standard InChI is InChI=1S/C20H17N3O2/c1-13-17(20(25)23-15-10-6-3-7-11-15)18(14-8-4-2-5-9-14)16(12-21)19(24)22-13/h2-11,17-18,24H,1H3,(H,23,25). The molecular weight excluding hydrogens is 314 g/mol. The number of nitrogens with zero attached hydrogens (tertiary/aromatic N) is 2. The predicted octanol–water partition coefficient (Wildman–Crippen LogP) is 3.79. The zero-order valence-corrected chi connectivity index (χ0v) is 13.7. The van der Waals surface area contributed by atoms with Crippen LogP contribution in [0.25, 0.3) is 0 Å². The van der Waals surface area contributed by atoms with Crippen LogP contribution < -0.4 is 5.32 Å². The largest absolute Gasteiger partial charge is 0.493 e. The lowest BCUT2D eigenvalue weighted by molar-refractivity contribution is -0.118. The molecule has 1 aliphatic rings. The van der Waals surface area contributed by atoms with E-state index in [1.165, 1.54) is 0 Å². The molecule has 25 heavy (non-hydrogen) atoms. The van der Waals surface area contributed by atoms with Gasteiger partial charge in [0.05, 0.1) is 11.5 Å². The Bertz CT molecular complexity index is 880. The first-order chi connectivity index (χ1) is 12.1. The molecule has 2 N–H and O–H groups in total. The minimum Gasteiger partial charge on any atom is -0.493 e. The summed E-state index contributed by atoms with van der Waals surface area (Å²) in [6.45, 7) is 1.69. The van der Waals surface area contributed by atoms with E-state index in [0.29, 0.717) is 11.4 Å². The van der Waals surface area contributed by atoms with Crippen LogP contribution in [0.5, 0.6) is 0 Å². The molecule has 1 amide bonds. The molecule has 5 heteroatoms. The Morgan fingerprint density at radius 2 is 1.72 bits per heavy atom. The summed E-state index contributed by atoms with van der Waals surface area (Å²) >= 11 is 0. The number of carbonyl (C=O) groups excluding carboxylic acids is 1. The number of para-hydroxylation sites is 1. The van der Waals surface area contributed by atoms with Crippen LogP contribution in [0, 0.1) is 17.2 Å². The monoisotopic (exact) mass is 331 g/mol. The van der Waals surface area contributed by atoms with Gasteiger partial charge < -0.3 is 10.4 Å². The van der Waals surface area contributed by atoms with E-state index < -0.39 is 11.8 Å². The van der Waals surface area contributed by atoms with E-state index in [1.807, 2.05) is 54.6 Å². The third-order valence-corrected chi connectivity index (χ3v) is 4.22. The third kappa shape index (κ3) is 3.29. The Kier molecular flexibility index (Phi) is 4.62. The number of hydrogen-bond donors (Lipinski definition) is 2. The van der Waals surface area contributed by atoms with Crippen molar-refractivity contribution in [2.24, 2.45) is 10.9 Å². The van der Waals surface area contributed by atoms with Gasteiger partial charge in [-0.25, -0.2) is 4.99 Å². The van der Waals surface area contributed by atoms with E-state index in [4.69, 9.17) is 0 Å². The maximum atomic E-state index is 12.9. The van der Waals surface area contributed by atoms with E-state index in [0.717, 1.165) is 5.56 Å². The maximum absolute atomic E-state index is 12.9. The van der Waals surface area contributed by atoms with Crippen LogP contribution in [-0.4, -0.2) is 16.7 Å². The number of benzene rings is 2. The second-order valence-corrected chi connectivity index (χ2v) is 5.82. The van der Waals surface area contributed by atoms with Crippen molar-refractivity contribution in [2.45, 2.75) is 12.8 Å². The van der Waals surface area contributed by atoms with Gasteiger partial charge in [0, 0.05) is 17.3 Å². The van der Waals surface area contributed by atoms with Crippen molar-refractivity contribution < 1.29 is 9.90 Å². The van der Waals surface area contributed by atoms with Crippen molar-refractivity contribution in [3.63, 3.8) is 0 Å². The number of allylic oxidation sites excluding steroid dienone is 1. The van der Waals surface area contributed by atoms with Crippen LogP contribution in [-0.2, 0) is 4.79 Å². The Morgan fingerprint density at radius 1 is 1.12 bits per heavy atom. The van der Waals surface area contributed by atoms with Gasteiger partial charge in [-0.2, -0.15) is 5.26 Å². The van der Waals surface area contributed by atoms with Crippen LogP contribution in [0.4, 0.5) is 5.69 Å². The number of nitriles is 1. The average molecular weight is 331 g/mol. The molecule has 0 saturated carbocycles. The fourth-order valence-corrected chi connectivity index (χ4v) is 3.07. The van der Waals surface area contributed by atoms with E-state index in [1.54, 1.807) is 19.1 Å². The number of aliphatic hydroxyl groups excluding tert-OH is 1. The quantitative estimate of drug-likeness (QED) is 0.897. The topological polar surface area (TPSA) is 85.5 Å². The summed E-state index contributed by atoms with van der Waals surface area (Å²) in [6.07, 6.45) is 0. The molecule has 1 heterocycles. The molecule has 2 aromatic rings. The van der Waals surface area contributed by atoms with Gasteiger partial charge in [-0.15, -0.1) is 0 Å². The van der Waals surface area contributed by atoms with E-state index in [-0.39, 0.29) is 17.4 Å². The number of rotatable bonds is 3. The minimum atomic E-state index is -0.673. The Balaban J connectivity index is 2.02. The van der Waals surface area contributed by atoms with Crippen molar-refractivity contribution in [2.75, 3.05) is 5.32 Å². The summed E-state index contributed by atoms with van der Waals surface area (Å²) in [5.41, 5.74) is 2.03. The lowest BCUT2D eigenvalue weighted by Crippen LogP contribution is -2.36. The van der Waals surface area contributed by atoms with Crippen molar-refractivity contribution >= 4 is 17.3 Å². The second-order valence-electron chi connectivity index (χ2n) is 5.82. The number of carbonyl (C=O) groups is 1. The molecule has 0 spiro atoms. The number of aliphatic hydroxyl groups is 1. The van der Waals surface area contributed by atoms with Crippen molar-refractivity contribution in [1.82, 2.24) is 0 Å². The van der Waals surface area contributed by atoms with Gasteiger partial charge in [0.25, 0.3) is 0 Å². The summed E-state index contributed by atoms with van der Waals surface area (Å²) in [4.78, 5) is 16.9. The van der Waals surface area contributed by atoms with Crippen LogP contribution >= 0.6 is 0 Å². The lowest BCUT2D eigenvalue weighted by Gasteiger charge is -2.29. The molecule has 0 aromatic heterocycles. The summed E-state index contributed by atoms with van der Waals surface area (Å²) in [5.74, 6) is -1.83. The fourth-order valence-electron chi connectivity index (χ4n) is 3.07. The molecule has 0 bridgehead atoms. The first-order valence-electron chi connectivity index (χ1n) is 7.91. The van der Waals surface area contributed by atoms with Crippen molar-refractivity contribution in [3.8, 4) is 6.07 Å². The van der Waals surface area contributed by atoms with Gasteiger partial charge in [-0.1, -0.05) is 48.5 Å². The Labute approximate surface area is 146 Å². The van der Waals surface area contributed by atoms with Gasteiger partial charge in [0.15, 0.2) is 0 Å². The zero-order valence-electron chi connectivity index (χ0n) is 13.7. The normalized spacial score (nSPS) is 19.8. The Morgan fingerprint density at radius 3 is 2.32 bits per heavy atom. The van der Waals surface area contributed by atoms with Gasteiger partial charge >= 0.3 is 0 Å². The molecule has 0 fully saturated rings. The van der Waals surface area contributed by atoms with Gasteiger partial charge in [0.1, 0.15) is 6.07 Å². The summed E-state index contributed by atoms with van der Waals surface area (Å²) < 4.78 is 0. The summed E-state index contributed by atoms with van der Waals surface area (Å²) in [7, 11) is 0. The number of hydrogen-bond acceptors (Lipinski definition) is 4. The van der Waals surface area contributed by atoms with E-state index in [9.17, 15) is 15.2 Å². The average Bonchev–Trinajstić information content (AvgIpc) is 2.62. The number of amides is 1. The van der Waals surface area contributed by atoms with Gasteiger partial charge in [0.2, 0.25) is 11.8 Å². The molecule has 0 saturated heterocycles. The summed E-state index contributed by atoms with van der Waals surface area (Å²) in [5, 5.41) is 22.5. The smallest absolute Gasteiger partial charge is 0.234 e. The first-order valence-corrected chi connectivity index (χ1v) is 7.91.